The van der Waals surface area contributed by atoms with Crippen molar-refractivity contribution in [3.63, 3.8) is 0 Å². The number of hydrogen-bond acceptors (Lipinski definition) is 4. The molecule has 2 N–H and O–H groups in total. The van der Waals surface area contributed by atoms with Gasteiger partial charge in [0.05, 0.1) is 11.0 Å². The highest BCUT2D eigenvalue weighted by Crippen LogP contribution is 2.22. The van der Waals surface area contributed by atoms with Crippen LogP contribution in [0.25, 0.3) is 0 Å². The summed E-state index contributed by atoms with van der Waals surface area (Å²) in [6.45, 7) is 0.893. The molecule has 1 aliphatic heterocycles. The quantitative estimate of drug-likeness (QED) is 0.875. The van der Waals surface area contributed by atoms with Crippen LogP contribution in [0.5, 0.6) is 0 Å². The number of hydrogen-bond donors (Lipinski definition) is 1. The maximum Gasteiger partial charge on any atom is 0.175 e. The van der Waals surface area contributed by atoms with Gasteiger partial charge in [-0.05, 0) is 49.8 Å². The molecule has 20 heavy (non-hydrogen) atoms. The van der Waals surface area contributed by atoms with E-state index in [0.29, 0.717) is 11.0 Å². The Labute approximate surface area is 121 Å². The molecule has 0 aliphatic carbocycles. The third-order valence-electron chi connectivity index (χ3n) is 3.80. The van der Waals surface area contributed by atoms with Crippen LogP contribution in [0.1, 0.15) is 43.7 Å². The molecule has 1 aliphatic rings. The lowest BCUT2D eigenvalue weighted by molar-refractivity contribution is 0.101. The van der Waals surface area contributed by atoms with Crippen LogP contribution < -0.4 is 5.73 Å². The fourth-order valence-corrected chi connectivity index (χ4v) is 3.20. The van der Waals surface area contributed by atoms with Gasteiger partial charge in [-0.2, -0.15) is 0 Å². The maximum absolute atomic E-state index is 11.4. The lowest BCUT2D eigenvalue weighted by Gasteiger charge is -2.14. The van der Waals surface area contributed by atoms with Gasteiger partial charge in [-0.15, -0.1) is 0 Å². The van der Waals surface area contributed by atoms with Gasteiger partial charge in [0.2, 0.25) is 0 Å². The molecule has 5 heteroatoms. The van der Waals surface area contributed by atoms with Crippen molar-refractivity contribution in [1.29, 1.82) is 0 Å². The van der Waals surface area contributed by atoms with Crippen LogP contribution in [-0.4, -0.2) is 27.4 Å². The summed E-state index contributed by atoms with van der Waals surface area (Å²) in [7, 11) is -3.13. The van der Waals surface area contributed by atoms with Crippen molar-refractivity contribution in [2.75, 3.05) is 12.9 Å². The van der Waals surface area contributed by atoms with Crippen LogP contribution in [0, 0.1) is 0 Å². The minimum absolute atomic E-state index is 0.0370. The Bertz CT molecular complexity index is 519. The molecule has 2 atom stereocenters. The van der Waals surface area contributed by atoms with Crippen molar-refractivity contribution in [3.05, 3.63) is 29.8 Å². The summed E-state index contributed by atoms with van der Waals surface area (Å²) in [5.74, 6) is 0. The second-order valence-corrected chi connectivity index (χ2v) is 7.53. The van der Waals surface area contributed by atoms with Crippen LogP contribution in [0.3, 0.4) is 0 Å². The first-order valence-electron chi connectivity index (χ1n) is 7.14. The minimum atomic E-state index is -3.13. The average molecular weight is 297 g/mol. The summed E-state index contributed by atoms with van der Waals surface area (Å²) in [6.07, 6.45) is 6.97. The smallest absolute Gasteiger partial charge is 0.175 e. The van der Waals surface area contributed by atoms with Crippen LogP contribution in [-0.2, 0) is 14.6 Å². The summed E-state index contributed by atoms with van der Waals surface area (Å²) in [4.78, 5) is 0.341. The van der Waals surface area contributed by atoms with Crippen molar-refractivity contribution >= 4 is 9.84 Å². The molecule has 4 nitrogen and oxygen atoms in total. The molecule has 0 spiro atoms. The second kappa shape index (κ2) is 6.70. The standard InChI is InChI=1S/C15H23NO3S/c1-20(17,18)14-9-7-12(8-10-14)15(16)6-2-4-13-5-3-11-19-13/h7-10,13,15H,2-6,11,16H2,1H3. The van der Waals surface area contributed by atoms with Crippen LogP contribution in [0.4, 0.5) is 0 Å². The Morgan fingerprint density at radius 1 is 1.35 bits per heavy atom. The summed E-state index contributed by atoms with van der Waals surface area (Å²) in [6, 6.07) is 6.85. The molecule has 1 aromatic rings. The first-order valence-corrected chi connectivity index (χ1v) is 9.03. The van der Waals surface area contributed by atoms with E-state index in [1.54, 1.807) is 12.1 Å². The normalized spacial score (nSPS) is 21.0. The lowest BCUT2D eigenvalue weighted by atomic mass is 10.00. The molecule has 1 aromatic carbocycles. The Kier molecular flexibility index (Phi) is 5.18. The van der Waals surface area contributed by atoms with E-state index in [-0.39, 0.29) is 6.04 Å². The summed E-state index contributed by atoms with van der Waals surface area (Å²) in [5, 5.41) is 0. The fraction of sp³-hybridized carbons (Fsp3) is 0.600. The molecular formula is C15H23NO3S. The Morgan fingerprint density at radius 3 is 2.60 bits per heavy atom. The monoisotopic (exact) mass is 297 g/mol. The van der Waals surface area contributed by atoms with E-state index in [4.69, 9.17) is 10.5 Å². The maximum atomic E-state index is 11.4. The molecule has 0 saturated carbocycles. The third-order valence-corrected chi connectivity index (χ3v) is 4.93. The molecule has 1 fully saturated rings. The van der Waals surface area contributed by atoms with E-state index in [9.17, 15) is 8.42 Å². The molecular weight excluding hydrogens is 274 g/mol. The van der Waals surface area contributed by atoms with E-state index < -0.39 is 9.84 Å². The topological polar surface area (TPSA) is 69.4 Å². The van der Waals surface area contributed by atoms with E-state index in [1.165, 1.54) is 12.7 Å². The van der Waals surface area contributed by atoms with Crippen molar-refractivity contribution < 1.29 is 13.2 Å². The highest BCUT2D eigenvalue weighted by Gasteiger charge is 2.16. The first-order chi connectivity index (χ1) is 9.47. The second-order valence-electron chi connectivity index (χ2n) is 5.51. The lowest BCUT2D eigenvalue weighted by Crippen LogP contribution is -2.12. The van der Waals surface area contributed by atoms with Gasteiger partial charge in [-0.3, -0.25) is 0 Å². The first kappa shape index (κ1) is 15.5. The van der Waals surface area contributed by atoms with Crippen LogP contribution >= 0.6 is 0 Å². The number of nitrogens with two attached hydrogens (primary N) is 1. The fourth-order valence-electron chi connectivity index (χ4n) is 2.57. The van der Waals surface area contributed by atoms with Crippen molar-refractivity contribution in [2.45, 2.75) is 49.1 Å². The number of benzene rings is 1. The van der Waals surface area contributed by atoms with Gasteiger partial charge in [0.15, 0.2) is 9.84 Å². The highest BCUT2D eigenvalue weighted by atomic mass is 32.2. The Balaban J connectivity index is 1.84. The van der Waals surface area contributed by atoms with Gasteiger partial charge >= 0.3 is 0 Å². The minimum Gasteiger partial charge on any atom is -0.378 e. The molecule has 0 radical (unpaired) electrons. The third kappa shape index (κ3) is 4.30. The van der Waals surface area contributed by atoms with Gasteiger partial charge in [0, 0.05) is 18.9 Å². The summed E-state index contributed by atoms with van der Waals surface area (Å²) < 4.78 is 28.4. The predicted molar refractivity (Wildman–Crippen MR) is 79.3 cm³/mol. The van der Waals surface area contributed by atoms with Gasteiger partial charge < -0.3 is 10.5 Å². The summed E-state index contributed by atoms with van der Waals surface area (Å²) >= 11 is 0. The largest absolute Gasteiger partial charge is 0.378 e. The van der Waals surface area contributed by atoms with Crippen LogP contribution in [0.2, 0.25) is 0 Å². The number of ether oxygens (including phenoxy) is 1. The molecule has 1 saturated heterocycles. The van der Waals surface area contributed by atoms with Crippen molar-refractivity contribution in [2.24, 2.45) is 5.73 Å². The highest BCUT2D eigenvalue weighted by molar-refractivity contribution is 7.90. The molecule has 0 aromatic heterocycles. The van der Waals surface area contributed by atoms with Gasteiger partial charge in [0.25, 0.3) is 0 Å². The van der Waals surface area contributed by atoms with E-state index in [0.717, 1.165) is 37.9 Å². The zero-order valence-electron chi connectivity index (χ0n) is 11.9. The van der Waals surface area contributed by atoms with E-state index in [2.05, 4.69) is 0 Å². The average Bonchev–Trinajstić information content (AvgIpc) is 2.91. The van der Waals surface area contributed by atoms with Crippen LogP contribution in [0.15, 0.2) is 29.2 Å². The van der Waals surface area contributed by atoms with Gasteiger partial charge in [-0.25, -0.2) is 8.42 Å². The van der Waals surface area contributed by atoms with Crippen molar-refractivity contribution in [3.8, 4) is 0 Å². The van der Waals surface area contributed by atoms with E-state index >= 15 is 0 Å². The molecule has 112 valence electrons. The molecule has 0 amide bonds. The Hall–Kier alpha value is -0.910. The SMILES string of the molecule is CS(=O)(=O)c1ccc(C(N)CCCC2CCCO2)cc1. The zero-order valence-corrected chi connectivity index (χ0v) is 12.7. The predicted octanol–water partition coefficient (Wildman–Crippen LogP) is 2.44. The molecule has 2 unspecified atom stereocenters. The molecule has 0 bridgehead atoms. The summed E-state index contributed by atoms with van der Waals surface area (Å²) in [5.41, 5.74) is 7.14. The number of rotatable bonds is 6. The zero-order chi connectivity index (χ0) is 14.6. The van der Waals surface area contributed by atoms with Gasteiger partial charge in [0.1, 0.15) is 0 Å². The number of sulfone groups is 1. The van der Waals surface area contributed by atoms with Crippen molar-refractivity contribution in [1.82, 2.24) is 0 Å². The molecule has 2 rings (SSSR count). The molecule has 1 heterocycles. The Morgan fingerprint density at radius 2 is 2.05 bits per heavy atom. The van der Waals surface area contributed by atoms with Gasteiger partial charge in [-0.1, -0.05) is 12.1 Å². The van der Waals surface area contributed by atoms with E-state index in [1.807, 2.05) is 12.1 Å².